The van der Waals surface area contributed by atoms with Gasteiger partial charge in [-0.3, -0.25) is 9.69 Å². The summed E-state index contributed by atoms with van der Waals surface area (Å²) in [6.45, 7) is 4.42. The average Bonchev–Trinajstić information content (AvgIpc) is 3.06. The summed E-state index contributed by atoms with van der Waals surface area (Å²) in [5, 5.41) is 10.6. The Hall–Kier alpha value is -1.90. The van der Waals surface area contributed by atoms with Crippen molar-refractivity contribution in [2.24, 2.45) is 0 Å². The molecule has 168 valence electrons. The van der Waals surface area contributed by atoms with Crippen LogP contribution in [-0.2, 0) is 23.0 Å². The van der Waals surface area contributed by atoms with Gasteiger partial charge in [-0.1, -0.05) is 6.42 Å². The summed E-state index contributed by atoms with van der Waals surface area (Å²) >= 11 is 0. The Morgan fingerprint density at radius 3 is 2.52 bits per heavy atom. The van der Waals surface area contributed by atoms with Crippen LogP contribution in [0.3, 0.4) is 0 Å². The van der Waals surface area contributed by atoms with Crippen LogP contribution >= 0.6 is 0 Å². The third kappa shape index (κ3) is 3.58. The maximum absolute atomic E-state index is 13.1. The molecule has 0 radical (unpaired) electrons. The Morgan fingerprint density at radius 1 is 1.13 bits per heavy atom. The van der Waals surface area contributed by atoms with Gasteiger partial charge < -0.3 is 10.0 Å². The Balaban J connectivity index is 1.57. The first kappa shape index (κ1) is 21.0. The van der Waals surface area contributed by atoms with Crippen LogP contribution in [0.5, 0.6) is 0 Å². The molecular weight excluding hydrogens is 414 g/mol. The van der Waals surface area contributed by atoms with E-state index in [1.54, 1.807) is 27.9 Å². The molecule has 1 amide bonds. The Kier molecular flexibility index (Phi) is 5.35. The Labute approximate surface area is 183 Å². The first-order valence-electron chi connectivity index (χ1n) is 11.5. The van der Waals surface area contributed by atoms with Crippen LogP contribution in [0.1, 0.15) is 60.6 Å². The molecule has 1 aliphatic carbocycles. The van der Waals surface area contributed by atoms with Crippen molar-refractivity contribution in [1.29, 1.82) is 0 Å². The molecule has 7 nitrogen and oxygen atoms in total. The molecule has 2 fully saturated rings. The van der Waals surface area contributed by atoms with Crippen molar-refractivity contribution in [3.05, 3.63) is 35.0 Å². The first-order chi connectivity index (χ1) is 14.9. The van der Waals surface area contributed by atoms with E-state index >= 15 is 0 Å². The number of carbonyl (C=O) groups excluding carboxylic acids is 1. The van der Waals surface area contributed by atoms with Crippen LogP contribution in [0.25, 0.3) is 10.9 Å². The zero-order valence-corrected chi connectivity index (χ0v) is 18.9. The summed E-state index contributed by atoms with van der Waals surface area (Å²) in [6.07, 6.45) is 5.29. The van der Waals surface area contributed by atoms with Gasteiger partial charge in [0.15, 0.2) is 0 Å². The molecule has 0 spiro atoms. The van der Waals surface area contributed by atoms with E-state index in [1.807, 2.05) is 6.07 Å². The molecular formula is C23H31N3O4S. The normalized spacial score (nSPS) is 21.3. The standard InChI is InChI=1S/C23H31N3O4S/c1-2-31(29,30)26-21-7-6-16(23(28)24-11-8-18(27)9-12-24)14-19(21)20-15-25(13-10-22(20)26)17-4-3-5-17/h6-7,14,17-18,27H,2-5,8-13,15H2,1H3. The average molecular weight is 446 g/mol. The topological polar surface area (TPSA) is 82.8 Å². The summed E-state index contributed by atoms with van der Waals surface area (Å²) in [5.74, 6) is 0.00658. The van der Waals surface area contributed by atoms with Gasteiger partial charge in [-0.25, -0.2) is 12.4 Å². The van der Waals surface area contributed by atoms with Gasteiger partial charge in [0.05, 0.1) is 17.4 Å². The molecule has 0 atom stereocenters. The third-order valence-corrected chi connectivity index (χ3v) is 9.07. The lowest BCUT2D eigenvalue weighted by atomic mass is 9.89. The maximum atomic E-state index is 13.1. The van der Waals surface area contributed by atoms with Gasteiger partial charge in [0.25, 0.3) is 5.91 Å². The van der Waals surface area contributed by atoms with Crippen LogP contribution in [0.15, 0.2) is 18.2 Å². The van der Waals surface area contributed by atoms with Gasteiger partial charge in [0.1, 0.15) is 0 Å². The number of hydrogen-bond donors (Lipinski definition) is 1. The number of aromatic nitrogens is 1. The number of fused-ring (bicyclic) bond motifs is 3. The van der Waals surface area contributed by atoms with E-state index in [0.717, 1.165) is 29.7 Å². The van der Waals surface area contributed by atoms with Crippen molar-refractivity contribution >= 4 is 26.8 Å². The molecule has 3 aliphatic rings. The lowest BCUT2D eigenvalue weighted by molar-refractivity contribution is 0.0546. The summed E-state index contributed by atoms with van der Waals surface area (Å²) in [5.41, 5.74) is 3.23. The second-order valence-electron chi connectivity index (χ2n) is 9.15. The summed E-state index contributed by atoms with van der Waals surface area (Å²) in [4.78, 5) is 17.4. The molecule has 3 heterocycles. The highest BCUT2D eigenvalue weighted by Gasteiger charge is 2.33. The molecule has 0 bridgehead atoms. The fourth-order valence-electron chi connectivity index (χ4n) is 5.23. The van der Waals surface area contributed by atoms with Crippen LogP contribution < -0.4 is 0 Å². The molecule has 1 N–H and O–H groups in total. The van der Waals surface area contributed by atoms with Crippen molar-refractivity contribution in [3.8, 4) is 0 Å². The number of aliphatic hydroxyl groups is 1. The minimum atomic E-state index is -3.44. The van der Waals surface area contributed by atoms with Gasteiger partial charge in [-0.2, -0.15) is 0 Å². The van der Waals surface area contributed by atoms with Crippen molar-refractivity contribution in [2.45, 2.75) is 64.1 Å². The zero-order valence-electron chi connectivity index (χ0n) is 18.1. The quantitative estimate of drug-likeness (QED) is 0.781. The van der Waals surface area contributed by atoms with E-state index in [-0.39, 0.29) is 17.8 Å². The lowest BCUT2D eigenvalue weighted by Gasteiger charge is -2.40. The number of benzene rings is 1. The number of rotatable bonds is 4. The number of aliphatic hydroxyl groups excluding tert-OH is 1. The van der Waals surface area contributed by atoms with Gasteiger partial charge >= 0.3 is 0 Å². The molecule has 31 heavy (non-hydrogen) atoms. The molecule has 2 aromatic rings. The highest BCUT2D eigenvalue weighted by Crippen LogP contribution is 2.36. The summed E-state index contributed by atoms with van der Waals surface area (Å²) in [7, 11) is -3.44. The number of hydrogen-bond acceptors (Lipinski definition) is 5. The van der Waals surface area contributed by atoms with Crippen LogP contribution in [-0.4, -0.2) is 70.7 Å². The predicted molar refractivity (Wildman–Crippen MR) is 120 cm³/mol. The molecule has 1 aromatic carbocycles. The predicted octanol–water partition coefficient (Wildman–Crippen LogP) is 2.35. The van der Waals surface area contributed by atoms with Crippen molar-refractivity contribution < 1.29 is 18.3 Å². The molecule has 1 saturated carbocycles. The van der Waals surface area contributed by atoms with E-state index < -0.39 is 10.0 Å². The smallest absolute Gasteiger partial charge is 0.253 e. The SMILES string of the molecule is CCS(=O)(=O)n1c2c(c3cc(C(=O)N4CCC(O)CC4)ccc31)CN(C1CCC1)CC2. The van der Waals surface area contributed by atoms with E-state index in [4.69, 9.17) is 0 Å². The molecule has 1 saturated heterocycles. The third-order valence-electron chi connectivity index (χ3n) is 7.36. The van der Waals surface area contributed by atoms with E-state index in [9.17, 15) is 18.3 Å². The van der Waals surface area contributed by atoms with E-state index in [2.05, 4.69) is 4.90 Å². The number of nitrogens with zero attached hydrogens (tertiary/aromatic N) is 3. The van der Waals surface area contributed by atoms with Crippen LogP contribution in [0.2, 0.25) is 0 Å². The van der Waals surface area contributed by atoms with Gasteiger partial charge in [0.2, 0.25) is 10.0 Å². The number of likely N-dealkylation sites (tertiary alicyclic amines) is 1. The molecule has 2 aliphatic heterocycles. The van der Waals surface area contributed by atoms with E-state index in [0.29, 0.717) is 49.5 Å². The minimum Gasteiger partial charge on any atom is -0.393 e. The molecule has 5 rings (SSSR count). The van der Waals surface area contributed by atoms with Crippen molar-refractivity contribution in [1.82, 2.24) is 13.8 Å². The van der Waals surface area contributed by atoms with Crippen LogP contribution in [0.4, 0.5) is 0 Å². The Bertz CT molecular complexity index is 1110. The number of carbonyl (C=O) groups is 1. The van der Waals surface area contributed by atoms with E-state index in [1.165, 1.54) is 19.3 Å². The summed E-state index contributed by atoms with van der Waals surface area (Å²) in [6, 6.07) is 6.06. The minimum absolute atomic E-state index is 0.0414. The van der Waals surface area contributed by atoms with Gasteiger partial charge in [-0.15, -0.1) is 0 Å². The molecule has 0 unspecified atom stereocenters. The first-order valence-corrected chi connectivity index (χ1v) is 13.1. The largest absolute Gasteiger partial charge is 0.393 e. The fraction of sp³-hybridized carbons (Fsp3) is 0.609. The zero-order chi connectivity index (χ0) is 21.8. The molecule has 1 aromatic heterocycles. The highest BCUT2D eigenvalue weighted by molar-refractivity contribution is 7.90. The van der Waals surface area contributed by atoms with Crippen LogP contribution in [0, 0.1) is 0 Å². The highest BCUT2D eigenvalue weighted by atomic mass is 32.2. The number of piperidine rings is 1. The van der Waals surface area contributed by atoms with Gasteiger partial charge in [-0.05, 0) is 56.4 Å². The monoisotopic (exact) mass is 445 g/mol. The number of amides is 1. The van der Waals surface area contributed by atoms with Crippen molar-refractivity contribution in [2.75, 3.05) is 25.4 Å². The van der Waals surface area contributed by atoms with Gasteiger partial charge in [0, 0.05) is 55.3 Å². The second kappa shape index (κ2) is 7.90. The Morgan fingerprint density at radius 2 is 1.87 bits per heavy atom. The maximum Gasteiger partial charge on any atom is 0.253 e. The van der Waals surface area contributed by atoms with Crippen molar-refractivity contribution in [3.63, 3.8) is 0 Å². The molecule has 8 heteroatoms. The summed E-state index contributed by atoms with van der Waals surface area (Å²) < 4.78 is 27.5. The lowest BCUT2D eigenvalue weighted by Crippen LogP contribution is -2.43. The second-order valence-corrected chi connectivity index (χ2v) is 11.3. The fourth-order valence-corrected chi connectivity index (χ4v) is 6.49.